The molecule has 0 aliphatic heterocycles. The molecule has 0 aliphatic carbocycles. The second kappa shape index (κ2) is 13.1. The van der Waals surface area contributed by atoms with E-state index >= 15 is 0 Å². The summed E-state index contributed by atoms with van der Waals surface area (Å²) in [6, 6.07) is 55.4. The fourth-order valence-electron chi connectivity index (χ4n) is 5.14. The van der Waals surface area contributed by atoms with Gasteiger partial charge in [0.05, 0.1) is 0 Å². The summed E-state index contributed by atoms with van der Waals surface area (Å²) in [7, 11) is 0. The third-order valence-electron chi connectivity index (χ3n) is 7.55. The van der Waals surface area contributed by atoms with Crippen LogP contribution >= 0.6 is 0 Å². The zero-order valence-electron chi connectivity index (χ0n) is 24.7. The number of anilines is 3. The van der Waals surface area contributed by atoms with Crippen LogP contribution in [0.25, 0.3) is 11.6 Å². The van der Waals surface area contributed by atoms with Crippen molar-refractivity contribution in [2.75, 3.05) is 4.90 Å². The average Bonchev–Trinajstić information content (AvgIpc) is 3.06. The van der Waals surface area contributed by atoms with Crippen LogP contribution in [0.15, 0.2) is 158 Å². The summed E-state index contributed by atoms with van der Waals surface area (Å²) in [6.45, 7) is 4.80. The standard InChI is InChI=1S/C41H35NO/c1-31-13-19-35(20-14-31)41(36-21-15-32(2)16-22-36)29-33-17-23-38(24-18-33)42(37-11-7-4-8-12-37)39-25-27-40(28-26-39)43-30-34-9-5-3-6-10-34/h3-29H,30H2,1-2H3. The Morgan fingerprint density at radius 2 is 0.977 bits per heavy atom. The Labute approximate surface area is 255 Å². The van der Waals surface area contributed by atoms with Crippen molar-refractivity contribution in [3.8, 4) is 5.75 Å². The molecule has 0 fully saturated rings. The summed E-state index contributed by atoms with van der Waals surface area (Å²) in [6.07, 6.45) is 2.28. The first-order chi connectivity index (χ1) is 21.1. The molecule has 0 bridgehead atoms. The molecule has 0 amide bonds. The molecule has 6 rings (SSSR count). The van der Waals surface area contributed by atoms with Gasteiger partial charge in [-0.05, 0) is 96.3 Å². The lowest BCUT2D eigenvalue weighted by Gasteiger charge is -2.25. The highest BCUT2D eigenvalue weighted by Crippen LogP contribution is 2.36. The zero-order valence-corrected chi connectivity index (χ0v) is 24.7. The second-order valence-electron chi connectivity index (χ2n) is 10.8. The van der Waals surface area contributed by atoms with Crippen LogP contribution in [0, 0.1) is 13.8 Å². The summed E-state index contributed by atoms with van der Waals surface area (Å²) >= 11 is 0. The van der Waals surface area contributed by atoms with E-state index in [-0.39, 0.29) is 0 Å². The Morgan fingerprint density at radius 3 is 1.51 bits per heavy atom. The van der Waals surface area contributed by atoms with E-state index < -0.39 is 0 Å². The number of hydrogen-bond acceptors (Lipinski definition) is 2. The van der Waals surface area contributed by atoms with E-state index in [0.29, 0.717) is 6.61 Å². The van der Waals surface area contributed by atoms with Crippen molar-refractivity contribution in [1.29, 1.82) is 0 Å². The molecule has 210 valence electrons. The minimum Gasteiger partial charge on any atom is -0.489 e. The quantitative estimate of drug-likeness (QED) is 0.164. The normalized spacial score (nSPS) is 10.7. The van der Waals surface area contributed by atoms with Crippen molar-refractivity contribution in [2.24, 2.45) is 0 Å². The predicted octanol–water partition coefficient (Wildman–Crippen LogP) is 10.9. The molecule has 0 radical (unpaired) electrons. The van der Waals surface area contributed by atoms with Gasteiger partial charge in [-0.2, -0.15) is 0 Å². The molecule has 0 aliphatic rings. The van der Waals surface area contributed by atoms with Gasteiger partial charge in [-0.25, -0.2) is 0 Å². The van der Waals surface area contributed by atoms with Gasteiger partial charge in [0, 0.05) is 17.1 Å². The third kappa shape index (κ3) is 6.94. The highest BCUT2D eigenvalue weighted by Gasteiger charge is 2.13. The second-order valence-corrected chi connectivity index (χ2v) is 10.8. The van der Waals surface area contributed by atoms with E-state index in [1.807, 2.05) is 36.4 Å². The Bertz CT molecular complexity index is 1720. The molecule has 43 heavy (non-hydrogen) atoms. The van der Waals surface area contributed by atoms with Crippen LogP contribution in [0.1, 0.15) is 33.4 Å². The topological polar surface area (TPSA) is 12.5 Å². The van der Waals surface area contributed by atoms with E-state index in [9.17, 15) is 0 Å². The molecule has 0 atom stereocenters. The van der Waals surface area contributed by atoms with E-state index in [2.05, 4.69) is 146 Å². The van der Waals surface area contributed by atoms with E-state index in [1.165, 1.54) is 27.8 Å². The van der Waals surface area contributed by atoms with Gasteiger partial charge in [0.25, 0.3) is 0 Å². The lowest BCUT2D eigenvalue weighted by atomic mass is 9.94. The fraction of sp³-hybridized carbons (Fsp3) is 0.0732. The van der Waals surface area contributed by atoms with Crippen LogP contribution < -0.4 is 9.64 Å². The Morgan fingerprint density at radius 1 is 0.512 bits per heavy atom. The maximum absolute atomic E-state index is 6.05. The van der Waals surface area contributed by atoms with E-state index in [1.54, 1.807) is 0 Å². The minimum absolute atomic E-state index is 0.546. The van der Waals surface area contributed by atoms with Crippen LogP contribution in [0.5, 0.6) is 5.75 Å². The highest BCUT2D eigenvalue weighted by molar-refractivity contribution is 5.92. The molecule has 0 N–H and O–H groups in total. The first-order valence-electron chi connectivity index (χ1n) is 14.7. The summed E-state index contributed by atoms with van der Waals surface area (Å²) < 4.78 is 6.05. The van der Waals surface area contributed by atoms with Crippen molar-refractivity contribution in [3.63, 3.8) is 0 Å². The smallest absolute Gasteiger partial charge is 0.119 e. The average molecular weight is 558 g/mol. The van der Waals surface area contributed by atoms with Crippen LogP contribution in [-0.4, -0.2) is 0 Å². The molecule has 2 nitrogen and oxygen atoms in total. The molecule has 0 unspecified atom stereocenters. The fourth-order valence-corrected chi connectivity index (χ4v) is 5.14. The monoisotopic (exact) mass is 557 g/mol. The molecular weight excluding hydrogens is 522 g/mol. The number of aryl methyl sites for hydroxylation is 2. The first-order valence-corrected chi connectivity index (χ1v) is 14.7. The van der Waals surface area contributed by atoms with Gasteiger partial charge in [0.1, 0.15) is 12.4 Å². The number of ether oxygens (including phenoxy) is 1. The van der Waals surface area contributed by atoms with Gasteiger partial charge in [0.15, 0.2) is 0 Å². The molecule has 0 aromatic heterocycles. The maximum atomic E-state index is 6.05. The Hall–Kier alpha value is -5.34. The lowest BCUT2D eigenvalue weighted by molar-refractivity contribution is 0.306. The van der Waals surface area contributed by atoms with Crippen molar-refractivity contribution in [1.82, 2.24) is 0 Å². The van der Waals surface area contributed by atoms with Crippen molar-refractivity contribution < 1.29 is 4.74 Å². The molecule has 0 saturated heterocycles. The van der Waals surface area contributed by atoms with Gasteiger partial charge in [-0.15, -0.1) is 0 Å². The molecule has 0 saturated carbocycles. The SMILES string of the molecule is Cc1ccc(C(=Cc2ccc(N(c3ccccc3)c3ccc(OCc4ccccc4)cc3)cc2)c2ccc(C)cc2)cc1. The molecule has 6 aromatic rings. The highest BCUT2D eigenvalue weighted by atomic mass is 16.5. The Kier molecular flexibility index (Phi) is 8.47. The number of nitrogens with zero attached hydrogens (tertiary/aromatic N) is 1. The summed E-state index contributed by atoms with van der Waals surface area (Å²) in [4.78, 5) is 2.27. The van der Waals surface area contributed by atoms with Gasteiger partial charge < -0.3 is 9.64 Å². The lowest BCUT2D eigenvalue weighted by Crippen LogP contribution is -2.09. The van der Waals surface area contributed by atoms with Crippen molar-refractivity contribution in [3.05, 3.63) is 191 Å². The maximum Gasteiger partial charge on any atom is 0.119 e. The Balaban J connectivity index is 1.30. The third-order valence-corrected chi connectivity index (χ3v) is 7.55. The zero-order chi connectivity index (χ0) is 29.4. The van der Waals surface area contributed by atoms with Crippen LogP contribution in [-0.2, 0) is 6.61 Å². The number of benzene rings is 6. The van der Waals surface area contributed by atoms with Crippen LogP contribution in [0.4, 0.5) is 17.1 Å². The van der Waals surface area contributed by atoms with Gasteiger partial charge in [-0.3, -0.25) is 0 Å². The summed E-state index contributed by atoms with van der Waals surface area (Å²) in [5.41, 5.74) is 11.7. The van der Waals surface area contributed by atoms with E-state index in [0.717, 1.165) is 33.9 Å². The summed E-state index contributed by atoms with van der Waals surface area (Å²) in [5, 5.41) is 0. The number of hydrogen-bond donors (Lipinski definition) is 0. The molecule has 0 heterocycles. The van der Waals surface area contributed by atoms with E-state index in [4.69, 9.17) is 4.74 Å². The van der Waals surface area contributed by atoms with Crippen molar-refractivity contribution >= 4 is 28.7 Å². The van der Waals surface area contributed by atoms with Gasteiger partial charge in [-0.1, -0.05) is 120 Å². The number of rotatable bonds is 9. The molecule has 6 aromatic carbocycles. The van der Waals surface area contributed by atoms with Gasteiger partial charge in [0.2, 0.25) is 0 Å². The number of para-hydroxylation sites is 1. The predicted molar refractivity (Wildman–Crippen MR) is 181 cm³/mol. The summed E-state index contributed by atoms with van der Waals surface area (Å²) in [5.74, 6) is 0.848. The van der Waals surface area contributed by atoms with Crippen LogP contribution in [0.3, 0.4) is 0 Å². The molecule has 2 heteroatoms. The largest absolute Gasteiger partial charge is 0.489 e. The first kappa shape index (κ1) is 27.8. The molecular formula is C41H35NO. The molecule has 0 spiro atoms. The van der Waals surface area contributed by atoms with Crippen molar-refractivity contribution in [2.45, 2.75) is 20.5 Å². The van der Waals surface area contributed by atoms with Crippen LogP contribution in [0.2, 0.25) is 0 Å². The minimum atomic E-state index is 0.546. The van der Waals surface area contributed by atoms with Gasteiger partial charge >= 0.3 is 0 Å².